The molecule has 8 heteroatoms. The van der Waals surface area contributed by atoms with Crippen LogP contribution in [-0.2, 0) is 16.0 Å². The van der Waals surface area contributed by atoms with Crippen LogP contribution in [0.15, 0.2) is 6.07 Å². The van der Waals surface area contributed by atoms with Crippen molar-refractivity contribution in [3.63, 3.8) is 0 Å². The lowest BCUT2D eigenvalue weighted by atomic mass is 9.78. The first kappa shape index (κ1) is 15.9. The number of hydrogen-bond donors (Lipinski definition) is 2. The maximum absolute atomic E-state index is 12.1. The number of phenols is 1. The lowest BCUT2D eigenvalue weighted by molar-refractivity contribution is 0.0589. The molecule has 0 saturated carbocycles. The molecular formula is C13H17BClNO5. The Morgan fingerprint density at radius 2 is 2.14 bits per heavy atom. The van der Waals surface area contributed by atoms with Gasteiger partial charge in [-0.15, -0.1) is 0 Å². The van der Waals surface area contributed by atoms with Crippen molar-refractivity contribution in [2.45, 2.75) is 33.0 Å². The fourth-order valence-corrected chi connectivity index (χ4v) is 2.33. The normalized spacial score (nSPS) is 14.1. The van der Waals surface area contributed by atoms with Gasteiger partial charge in [-0.05, 0) is 20.8 Å². The number of hydrogen-bond acceptors (Lipinski definition) is 5. The zero-order valence-corrected chi connectivity index (χ0v) is 13.1. The van der Waals surface area contributed by atoms with Crippen molar-refractivity contribution >= 4 is 36.0 Å². The molecule has 0 aliphatic carbocycles. The highest BCUT2D eigenvalue weighted by Crippen LogP contribution is 2.34. The number of benzene rings is 1. The molecule has 2 rings (SSSR count). The Balaban J connectivity index is 2.41. The Labute approximate surface area is 128 Å². The Morgan fingerprint density at radius 1 is 1.52 bits per heavy atom. The van der Waals surface area contributed by atoms with Gasteiger partial charge in [-0.25, -0.2) is 4.79 Å². The lowest BCUT2D eigenvalue weighted by Crippen LogP contribution is -2.36. The van der Waals surface area contributed by atoms with Crippen molar-refractivity contribution in [2.75, 3.05) is 11.9 Å². The molecule has 2 N–H and O–H groups in total. The second kappa shape index (κ2) is 5.40. The van der Waals surface area contributed by atoms with Gasteiger partial charge in [0.1, 0.15) is 11.4 Å². The van der Waals surface area contributed by atoms with Gasteiger partial charge in [0.2, 0.25) is 0 Å². The Kier molecular flexibility index (Phi) is 4.10. The van der Waals surface area contributed by atoms with Gasteiger partial charge in [0.25, 0.3) is 0 Å². The van der Waals surface area contributed by atoms with E-state index in [1.54, 1.807) is 20.8 Å². The van der Waals surface area contributed by atoms with Crippen LogP contribution in [-0.4, -0.2) is 36.0 Å². The van der Waals surface area contributed by atoms with E-state index in [2.05, 4.69) is 0 Å². The molecule has 6 nitrogen and oxygen atoms in total. The Morgan fingerprint density at radius 3 is 2.71 bits per heavy atom. The van der Waals surface area contributed by atoms with Crippen LogP contribution in [0.25, 0.3) is 0 Å². The second-order valence-corrected chi connectivity index (χ2v) is 6.20. The fourth-order valence-electron chi connectivity index (χ4n) is 2.07. The van der Waals surface area contributed by atoms with Crippen molar-refractivity contribution in [3.05, 3.63) is 16.7 Å². The fraction of sp³-hybridized carbons (Fsp3) is 0.462. The quantitative estimate of drug-likeness (QED) is 0.771. The number of anilines is 1. The summed E-state index contributed by atoms with van der Waals surface area (Å²) in [5.74, 6) is -0.231. The largest absolute Gasteiger partial charge is 0.506 e. The lowest BCUT2D eigenvalue weighted by Gasteiger charge is -2.26. The van der Waals surface area contributed by atoms with Gasteiger partial charge in [0, 0.05) is 24.1 Å². The summed E-state index contributed by atoms with van der Waals surface area (Å²) in [5, 5.41) is 19.7. The van der Waals surface area contributed by atoms with E-state index >= 15 is 0 Å². The number of carbonyl (C=O) groups excluding carboxylic acids is 1. The van der Waals surface area contributed by atoms with E-state index in [1.165, 1.54) is 18.0 Å². The molecule has 1 amide bonds. The van der Waals surface area contributed by atoms with Crippen LogP contribution in [0.2, 0.25) is 5.02 Å². The minimum atomic E-state index is -1.22. The molecule has 0 atom stereocenters. The van der Waals surface area contributed by atoms with Crippen LogP contribution >= 0.6 is 11.6 Å². The summed E-state index contributed by atoms with van der Waals surface area (Å²) in [7, 11) is 0.298. The number of rotatable bonds is 1. The summed E-state index contributed by atoms with van der Waals surface area (Å²) in [6.07, 6.45) is -0.576. The van der Waals surface area contributed by atoms with E-state index in [0.29, 0.717) is 11.3 Å². The molecule has 1 heterocycles. The van der Waals surface area contributed by atoms with Gasteiger partial charge in [-0.2, -0.15) is 0 Å². The highest BCUT2D eigenvalue weighted by Gasteiger charge is 2.35. The maximum Gasteiger partial charge on any atom is 0.493 e. The molecule has 1 aliphatic rings. The van der Waals surface area contributed by atoms with E-state index in [1.807, 2.05) is 0 Å². The number of nitrogens with zero attached hydrogens (tertiary/aromatic N) is 1. The summed E-state index contributed by atoms with van der Waals surface area (Å²) in [4.78, 5) is 13.4. The minimum absolute atomic E-state index is 0.0244. The van der Waals surface area contributed by atoms with Crippen molar-refractivity contribution in [1.29, 1.82) is 0 Å². The number of halogens is 1. The molecule has 0 unspecified atom stereocenters. The van der Waals surface area contributed by atoms with E-state index in [9.17, 15) is 14.9 Å². The van der Waals surface area contributed by atoms with Gasteiger partial charge < -0.3 is 19.5 Å². The van der Waals surface area contributed by atoms with Crippen LogP contribution in [0.3, 0.4) is 0 Å². The van der Waals surface area contributed by atoms with Crippen LogP contribution in [0.1, 0.15) is 26.3 Å². The molecule has 0 saturated heterocycles. The summed E-state index contributed by atoms with van der Waals surface area (Å²) in [5.41, 5.74) is 0.581. The predicted octanol–water partition coefficient (Wildman–Crippen LogP) is 1.63. The predicted molar refractivity (Wildman–Crippen MR) is 80.1 cm³/mol. The molecule has 0 radical (unpaired) electrons. The number of carbonyl (C=O) groups is 1. The zero-order valence-electron chi connectivity index (χ0n) is 12.3. The van der Waals surface area contributed by atoms with E-state index < -0.39 is 18.8 Å². The van der Waals surface area contributed by atoms with E-state index in [-0.39, 0.29) is 22.8 Å². The molecule has 0 fully saturated rings. The molecule has 0 aromatic heterocycles. The topological polar surface area (TPSA) is 79.2 Å². The summed E-state index contributed by atoms with van der Waals surface area (Å²) in [6, 6.07) is 1.35. The number of aromatic hydroxyl groups is 1. The first-order valence-corrected chi connectivity index (χ1v) is 6.80. The van der Waals surface area contributed by atoms with E-state index in [0.717, 1.165) is 0 Å². The van der Waals surface area contributed by atoms with Gasteiger partial charge >= 0.3 is 13.2 Å². The molecule has 1 aliphatic heterocycles. The van der Waals surface area contributed by atoms with Gasteiger partial charge in [-0.1, -0.05) is 11.6 Å². The van der Waals surface area contributed by atoms with Gasteiger partial charge in [-0.3, -0.25) is 4.90 Å². The van der Waals surface area contributed by atoms with Crippen molar-refractivity contribution in [1.82, 2.24) is 0 Å². The van der Waals surface area contributed by atoms with Gasteiger partial charge in [0.05, 0.1) is 17.3 Å². The molecule has 0 bridgehead atoms. The first-order valence-electron chi connectivity index (χ1n) is 6.42. The van der Waals surface area contributed by atoms with Crippen molar-refractivity contribution < 1.29 is 24.3 Å². The van der Waals surface area contributed by atoms with Crippen LogP contribution in [0, 0.1) is 0 Å². The van der Waals surface area contributed by atoms with E-state index in [4.69, 9.17) is 21.0 Å². The average molecular weight is 314 g/mol. The third-order valence-corrected chi connectivity index (χ3v) is 3.43. The number of phenolic OH excluding ortho intramolecular Hbond substituents is 1. The monoisotopic (exact) mass is 313 g/mol. The smallest absolute Gasteiger partial charge is 0.493 e. The van der Waals surface area contributed by atoms with Crippen molar-refractivity contribution in [3.8, 4) is 5.75 Å². The number of fused-ring (bicyclic) bond motifs is 1. The third-order valence-electron chi connectivity index (χ3n) is 3.03. The molecule has 0 spiro atoms. The minimum Gasteiger partial charge on any atom is -0.506 e. The van der Waals surface area contributed by atoms with Crippen LogP contribution in [0.4, 0.5) is 10.5 Å². The molecule has 1 aromatic carbocycles. The summed E-state index contributed by atoms with van der Waals surface area (Å²) in [6.45, 7) is 5.37. The Bertz CT molecular complexity index is 587. The Hall–Kier alpha value is -1.44. The molecular weight excluding hydrogens is 296 g/mol. The molecule has 114 valence electrons. The third kappa shape index (κ3) is 3.10. The zero-order chi connectivity index (χ0) is 15.9. The highest BCUT2D eigenvalue weighted by atomic mass is 35.5. The van der Waals surface area contributed by atoms with Gasteiger partial charge in [0.15, 0.2) is 0 Å². The van der Waals surface area contributed by atoms with Crippen molar-refractivity contribution in [2.24, 2.45) is 0 Å². The SMILES string of the molecule is CN(C(=O)OC(C)(C)C)c1cc(O)c(Cl)c2c1COB2O. The van der Waals surface area contributed by atoms with Crippen LogP contribution in [0.5, 0.6) is 5.75 Å². The average Bonchev–Trinajstić information content (AvgIpc) is 2.73. The maximum atomic E-state index is 12.1. The second-order valence-electron chi connectivity index (χ2n) is 5.82. The highest BCUT2D eigenvalue weighted by molar-refractivity contribution is 6.66. The first-order chi connectivity index (χ1) is 9.61. The molecule has 1 aromatic rings. The molecule has 21 heavy (non-hydrogen) atoms. The number of ether oxygens (including phenoxy) is 1. The number of amides is 1. The summed E-state index contributed by atoms with van der Waals surface area (Å²) < 4.78 is 10.4. The standard InChI is InChI=1S/C13H17BClNO5/c1-13(2,3)21-12(18)16(4)8-5-9(17)11(15)10-7(8)6-20-14(10)19/h5,17,19H,6H2,1-4H3. The van der Waals surface area contributed by atoms with Crippen LogP contribution < -0.4 is 10.4 Å². The summed E-state index contributed by atoms with van der Waals surface area (Å²) >= 11 is 5.97.